The Hall–Kier alpha value is -2.24. The van der Waals surface area contributed by atoms with Crippen molar-refractivity contribution in [3.8, 4) is 0 Å². The van der Waals surface area contributed by atoms with Crippen LogP contribution in [0, 0.1) is 0 Å². The van der Waals surface area contributed by atoms with Gasteiger partial charge in [-0.2, -0.15) is 0 Å². The van der Waals surface area contributed by atoms with Gasteiger partial charge in [0.1, 0.15) is 0 Å². The molecular weight excluding hydrogens is 246 g/mol. The second-order valence-corrected chi connectivity index (χ2v) is 4.37. The van der Waals surface area contributed by atoms with Crippen LogP contribution in [0.1, 0.15) is 26.2 Å². The van der Waals surface area contributed by atoms with Gasteiger partial charge >= 0.3 is 12.0 Å². The number of hydrogen-bond acceptors (Lipinski definition) is 3. The molecule has 0 aliphatic carbocycles. The highest BCUT2D eigenvalue weighted by Crippen LogP contribution is 2.16. The van der Waals surface area contributed by atoms with Crippen LogP contribution >= 0.6 is 0 Å². The fraction of sp³-hybridized carbons (Fsp3) is 0.385. The molecule has 1 aromatic rings. The number of urea groups is 1. The zero-order valence-electron chi connectivity index (χ0n) is 10.8. The number of nitrogens with two attached hydrogens (primary N) is 1. The van der Waals surface area contributed by atoms with Gasteiger partial charge in [0.05, 0.1) is 11.4 Å². The first-order chi connectivity index (χ1) is 8.99. The molecule has 0 fully saturated rings. The Bertz CT molecular complexity index is 449. The van der Waals surface area contributed by atoms with E-state index in [4.69, 9.17) is 10.8 Å². The third kappa shape index (κ3) is 5.76. The Balaban J connectivity index is 2.35. The predicted octanol–water partition coefficient (Wildman–Crippen LogP) is 2.03. The van der Waals surface area contributed by atoms with Crippen molar-refractivity contribution in [1.29, 1.82) is 0 Å². The molecule has 0 aliphatic heterocycles. The zero-order valence-corrected chi connectivity index (χ0v) is 10.8. The lowest BCUT2D eigenvalue weighted by molar-refractivity contribution is -0.137. The molecule has 0 saturated heterocycles. The summed E-state index contributed by atoms with van der Waals surface area (Å²) < 4.78 is 0. The van der Waals surface area contributed by atoms with Crippen LogP contribution in [-0.4, -0.2) is 23.1 Å². The van der Waals surface area contributed by atoms with E-state index in [1.54, 1.807) is 24.3 Å². The molecule has 5 N–H and O–H groups in total. The van der Waals surface area contributed by atoms with E-state index in [0.717, 1.165) is 0 Å². The van der Waals surface area contributed by atoms with Crippen LogP contribution in [0.3, 0.4) is 0 Å². The summed E-state index contributed by atoms with van der Waals surface area (Å²) >= 11 is 0. The van der Waals surface area contributed by atoms with Crippen molar-refractivity contribution >= 4 is 23.4 Å². The maximum atomic E-state index is 11.7. The van der Waals surface area contributed by atoms with Gasteiger partial charge in [0.2, 0.25) is 0 Å². The Morgan fingerprint density at radius 1 is 1.37 bits per heavy atom. The molecule has 0 radical (unpaired) electrons. The molecule has 0 bridgehead atoms. The average molecular weight is 265 g/mol. The summed E-state index contributed by atoms with van der Waals surface area (Å²) in [5.74, 6) is -0.825. The van der Waals surface area contributed by atoms with Crippen molar-refractivity contribution in [3.63, 3.8) is 0 Å². The van der Waals surface area contributed by atoms with Gasteiger partial charge in [-0.15, -0.1) is 0 Å². The average Bonchev–Trinajstić information content (AvgIpc) is 2.31. The van der Waals surface area contributed by atoms with Crippen molar-refractivity contribution in [2.75, 3.05) is 11.1 Å². The predicted molar refractivity (Wildman–Crippen MR) is 74.0 cm³/mol. The quantitative estimate of drug-likeness (QED) is 0.591. The van der Waals surface area contributed by atoms with Crippen LogP contribution in [-0.2, 0) is 4.79 Å². The first-order valence-corrected chi connectivity index (χ1v) is 6.13. The van der Waals surface area contributed by atoms with Crippen molar-refractivity contribution in [2.45, 2.75) is 32.2 Å². The number of benzene rings is 1. The molecule has 1 rings (SSSR count). The van der Waals surface area contributed by atoms with Gasteiger partial charge in [0.25, 0.3) is 0 Å². The largest absolute Gasteiger partial charge is 0.481 e. The molecule has 6 heteroatoms. The lowest BCUT2D eigenvalue weighted by Gasteiger charge is -2.14. The molecule has 1 unspecified atom stereocenters. The van der Waals surface area contributed by atoms with Crippen molar-refractivity contribution < 1.29 is 14.7 Å². The number of nitrogen functional groups attached to an aromatic ring is 1. The summed E-state index contributed by atoms with van der Waals surface area (Å²) in [7, 11) is 0. The molecule has 1 aromatic carbocycles. The maximum Gasteiger partial charge on any atom is 0.319 e. The number of aliphatic carboxylic acids is 1. The van der Waals surface area contributed by atoms with E-state index >= 15 is 0 Å². The smallest absolute Gasteiger partial charge is 0.319 e. The van der Waals surface area contributed by atoms with Gasteiger partial charge in [0, 0.05) is 12.5 Å². The summed E-state index contributed by atoms with van der Waals surface area (Å²) in [5.41, 5.74) is 6.76. The van der Waals surface area contributed by atoms with E-state index in [1.807, 2.05) is 6.92 Å². The Morgan fingerprint density at radius 2 is 2.05 bits per heavy atom. The molecule has 2 amide bonds. The Labute approximate surface area is 112 Å². The third-order valence-electron chi connectivity index (χ3n) is 2.61. The number of carboxylic acids is 1. The highest BCUT2D eigenvalue weighted by Gasteiger charge is 2.09. The molecular formula is C13H19N3O3. The van der Waals surface area contributed by atoms with Gasteiger partial charge in [-0.3, -0.25) is 4.79 Å². The van der Waals surface area contributed by atoms with E-state index in [-0.39, 0.29) is 18.5 Å². The fourth-order valence-electron chi connectivity index (χ4n) is 1.62. The van der Waals surface area contributed by atoms with E-state index < -0.39 is 5.97 Å². The van der Waals surface area contributed by atoms with Gasteiger partial charge in [-0.05, 0) is 31.9 Å². The summed E-state index contributed by atoms with van der Waals surface area (Å²) in [6, 6.07) is 6.54. The normalized spacial score (nSPS) is 11.6. The van der Waals surface area contributed by atoms with Crippen LogP contribution in [0.5, 0.6) is 0 Å². The minimum absolute atomic E-state index is 0.0933. The highest BCUT2D eigenvalue weighted by atomic mass is 16.4. The minimum atomic E-state index is -0.825. The standard InChI is InChI=1S/C13H19N3O3/c1-9(5-4-8-12(17)18)15-13(19)16-11-7-3-2-6-10(11)14/h2-3,6-7,9H,4-5,8,14H2,1H3,(H,17,18)(H2,15,16,19). The van der Waals surface area contributed by atoms with Crippen LogP contribution in [0.4, 0.5) is 16.2 Å². The van der Waals surface area contributed by atoms with Crippen molar-refractivity contribution in [3.05, 3.63) is 24.3 Å². The molecule has 6 nitrogen and oxygen atoms in total. The Morgan fingerprint density at radius 3 is 2.68 bits per heavy atom. The van der Waals surface area contributed by atoms with Gasteiger partial charge < -0.3 is 21.5 Å². The summed E-state index contributed by atoms with van der Waals surface area (Å²) in [5, 5.41) is 13.9. The number of para-hydroxylation sites is 2. The van der Waals surface area contributed by atoms with Gasteiger partial charge in [-0.25, -0.2) is 4.79 Å². The van der Waals surface area contributed by atoms with E-state index in [0.29, 0.717) is 24.2 Å². The van der Waals surface area contributed by atoms with Crippen molar-refractivity contribution in [2.24, 2.45) is 0 Å². The number of hydrogen-bond donors (Lipinski definition) is 4. The molecule has 104 valence electrons. The first-order valence-electron chi connectivity index (χ1n) is 6.13. The van der Waals surface area contributed by atoms with E-state index in [9.17, 15) is 9.59 Å². The van der Waals surface area contributed by atoms with Crippen molar-refractivity contribution in [1.82, 2.24) is 5.32 Å². The third-order valence-corrected chi connectivity index (χ3v) is 2.61. The Kier molecular flexibility index (Phi) is 5.66. The molecule has 0 aromatic heterocycles. The molecule has 0 aliphatic rings. The number of rotatable bonds is 6. The number of carboxylic acid groups (broad SMARTS) is 1. The summed E-state index contributed by atoms with van der Waals surface area (Å²) in [6.45, 7) is 1.83. The fourth-order valence-corrected chi connectivity index (χ4v) is 1.62. The number of carbonyl (C=O) groups excluding carboxylic acids is 1. The van der Waals surface area contributed by atoms with Crippen LogP contribution in [0.2, 0.25) is 0 Å². The molecule has 0 saturated carbocycles. The number of nitrogens with one attached hydrogen (secondary N) is 2. The minimum Gasteiger partial charge on any atom is -0.481 e. The first kappa shape index (κ1) is 14.8. The number of anilines is 2. The SMILES string of the molecule is CC(CCCC(=O)O)NC(=O)Nc1ccccc1N. The monoisotopic (exact) mass is 265 g/mol. The topological polar surface area (TPSA) is 104 Å². The number of carbonyl (C=O) groups is 2. The van der Waals surface area contributed by atoms with Gasteiger partial charge in [-0.1, -0.05) is 12.1 Å². The molecule has 0 heterocycles. The summed E-state index contributed by atoms with van der Waals surface area (Å²) in [4.78, 5) is 22.0. The van der Waals surface area contributed by atoms with E-state index in [2.05, 4.69) is 10.6 Å². The van der Waals surface area contributed by atoms with Crippen LogP contribution < -0.4 is 16.4 Å². The molecule has 0 spiro atoms. The van der Waals surface area contributed by atoms with E-state index in [1.165, 1.54) is 0 Å². The zero-order chi connectivity index (χ0) is 14.3. The lowest BCUT2D eigenvalue weighted by atomic mass is 10.1. The van der Waals surface area contributed by atoms with Crippen LogP contribution in [0.15, 0.2) is 24.3 Å². The molecule has 19 heavy (non-hydrogen) atoms. The molecule has 1 atom stereocenters. The highest BCUT2D eigenvalue weighted by molar-refractivity contribution is 5.92. The van der Waals surface area contributed by atoms with Gasteiger partial charge in [0.15, 0.2) is 0 Å². The summed E-state index contributed by atoms with van der Waals surface area (Å²) in [6.07, 6.45) is 1.26. The second-order valence-electron chi connectivity index (χ2n) is 4.37. The lowest BCUT2D eigenvalue weighted by Crippen LogP contribution is -2.36. The second kappa shape index (κ2) is 7.25. The number of amides is 2. The maximum absolute atomic E-state index is 11.7. The van der Waals surface area contributed by atoms with Crippen LogP contribution in [0.25, 0.3) is 0 Å².